The molecule has 0 aromatic carbocycles. The van der Waals surface area contributed by atoms with Gasteiger partial charge in [-0.25, -0.2) is 9.78 Å². The average molecular weight is 674 g/mol. The molecule has 2 aromatic heterocycles. The van der Waals surface area contributed by atoms with Crippen LogP contribution < -0.4 is 11.1 Å². The van der Waals surface area contributed by atoms with Crippen molar-refractivity contribution < 1.29 is 28.6 Å². The minimum absolute atomic E-state index is 0.133. The lowest BCUT2D eigenvalue weighted by Crippen LogP contribution is -2.61. The zero-order chi connectivity index (χ0) is 34.7. The van der Waals surface area contributed by atoms with Crippen LogP contribution in [0.1, 0.15) is 74.1 Å². The van der Waals surface area contributed by atoms with Crippen molar-refractivity contribution in [2.24, 2.45) is 17.8 Å². The number of carbonyl (C=O) groups excluding carboxylic acids is 3. The number of hydrogen-bond acceptors (Lipinski definition) is 12. The minimum Gasteiger partial charge on any atom is -0.458 e. The number of fused-ring (bicyclic) bond motifs is 1. The third-order valence-corrected chi connectivity index (χ3v) is 11.4. The highest BCUT2D eigenvalue weighted by atomic mass is 32.1. The van der Waals surface area contributed by atoms with Gasteiger partial charge >= 0.3 is 12.1 Å². The maximum atomic E-state index is 13.6. The third-order valence-electron chi connectivity index (χ3n) is 10.5. The fourth-order valence-corrected chi connectivity index (χ4v) is 7.95. The lowest BCUT2D eigenvalue weighted by Gasteiger charge is -2.41. The summed E-state index contributed by atoms with van der Waals surface area (Å²) in [5.74, 6) is -2.12. The molecule has 15 heteroatoms. The summed E-state index contributed by atoms with van der Waals surface area (Å²) < 4.78 is 20.0. The van der Waals surface area contributed by atoms with Crippen molar-refractivity contribution in [1.29, 1.82) is 0 Å². The molecule has 0 bridgehead atoms. The van der Waals surface area contributed by atoms with E-state index in [1.54, 1.807) is 29.8 Å². The SMILES string of the molecule is B[C@@H]1[C@@H](C)C(=O)[C@@H](C)C(=O)O[C@H](CC)[C@@]2(C)OC(=O)N(CCCCn3cc(-c4cnc(N)s4)nn3)[C@@H]2[C@@H](C)NC[C@H](C)C[C@@]1(C)OC. The summed E-state index contributed by atoms with van der Waals surface area (Å²) in [7, 11) is 3.69. The number of ether oxygens (including phenoxy) is 3. The van der Waals surface area contributed by atoms with Crippen molar-refractivity contribution in [2.45, 2.75) is 116 Å². The van der Waals surface area contributed by atoms with Crippen molar-refractivity contribution in [3.05, 3.63) is 12.4 Å². The molecule has 2 fully saturated rings. The van der Waals surface area contributed by atoms with E-state index >= 15 is 0 Å². The number of aromatic nitrogens is 4. The quantitative estimate of drug-likeness (QED) is 0.183. The third kappa shape index (κ3) is 7.83. The van der Waals surface area contributed by atoms with Gasteiger partial charge in [0.05, 0.1) is 22.7 Å². The van der Waals surface area contributed by atoms with E-state index in [1.807, 2.05) is 48.7 Å². The van der Waals surface area contributed by atoms with Crippen LogP contribution in [0.25, 0.3) is 10.6 Å². The van der Waals surface area contributed by atoms with Crippen LogP contribution in [0.15, 0.2) is 12.4 Å². The maximum absolute atomic E-state index is 13.6. The normalized spacial score (nSPS) is 34.3. The number of nitrogens with two attached hydrogens (primary N) is 1. The minimum atomic E-state index is -1.14. The number of anilines is 1. The molecule has 0 radical (unpaired) electrons. The monoisotopic (exact) mass is 673 g/mol. The molecule has 4 heterocycles. The summed E-state index contributed by atoms with van der Waals surface area (Å²) >= 11 is 1.36. The molecule has 2 aromatic rings. The van der Waals surface area contributed by atoms with Gasteiger partial charge in [-0.05, 0) is 71.7 Å². The van der Waals surface area contributed by atoms with Crippen LogP contribution in [0, 0.1) is 17.8 Å². The Morgan fingerprint density at radius 2 is 1.87 bits per heavy atom. The van der Waals surface area contributed by atoms with E-state index in [0.29, 0.717) is 49.7 Å². The number of thiazole rings is 1. The molecule has 0 unspecified atom stereocenters. The standard InChI is InChI=1S/C32H52BN7O6S/c1-9-24-32(7)27(40(30(43)46-32)13-11-10-12-39-17-22(37-38-39)23-16-36-29(34)47-23)21(5)35-15-18(2)14-31(6,44-8)26(33)19(3)25(41)20(4)28(42)45-24/h16-21,24,26-27,35H,9-15,33H2,1-8H3,(H2,34,36)/t18-,19+,20-,21-,24-,26-,27-,31-,32-/m1/s1. The molecule has 1 amide bonds. The highest BCUT2D eigenvalue weighted by Gasteiger charge is 2.58. The van der Waals surface area contributed by atoms with Gasteiger partial charge in [-0.2, -0.15) is 0 Å². The van der Waals surface area contributed by atoms with Crippen molar-refractivity contribution in [2.75, 3.05) is 25.9 Å². The van der Waals surface area contributed by atoms with Crippen LogP contribution in [0.2, 0.25) is 5.82 Å². The van der Waals surface area contributed by atoms with Gasteiger partial charge in [0.15, 0.2) is 10.7 Å². The summed E-state index contributed by atoms with van der Waals surface area (Å²) in [6.45, 7) is 15.2. The number of cyclic esters (lactones) is 1. The van der Waals surface area contributed by atoms with Gasteiger partial charge < -0.3 is 25.3 Å². The number of Topliss-reactive ketones (excluding diaryl/α,β-unsaturated/α-hetero) is 1. The van der Waals surface area contributed by atoms with Gasteiger partial charge in [0.1, 0.15) is 31.3 Å². The number of hydrogen-bond donors (Lipinski definition) is 2. The summed E-state index contributed by atoms with van der Waals surface area (Å²) in [5.41, 5.74) is 4.75. The molecule has 2 aliphatic heterocycles. The zero-order valence-corrected chi connectivity index (χ0v) is 30.1. The van der Waals surface area contributed by atoms with E-state index in [0.717, 1.165) is 11.3 Å². The zero-order valence-electron chi connectivity index (χ0n) is 29.3. The molecule has 260 valence electrons. The molecule has 47 heavy (non-hydrogen) atoms. The van der Waals surface area contributed by atoms with Gasteiger partial charge in [-0.1, -0.05) is 37.3 Å². The summed E-state index contributed by atoms with van der Waals surface area (Å²) in [4.78, 5) is 47.4. The Hall–Kier alpha value is -3.04. The molecule has 0 aliphatic carbocycles. The Morgan fingerprint density at radius 1 is 1.17 bits per heavy atom. The topological polar surface area (TPSA) is 164 Å². The van der Waals surface area contributed by atoms with Crippen LogP contribution in [-0.4, -0.2) is 100 Å². The molecule has 3 N–H and O–H groups in total. The largest absolute Gasteiger partial charge is 0.458 e. The first-order valence-electron chi connectivity index (χ1n) is 16.8. The predicted molar refractivity (Wildman–Crippen MR) is 183 cm³/mol. The van der Waals surface area contributed by atoms with E-state index in [2.05, 4.69) is 27.5 Å². The fourth-order valence-electron chi connectivity index (χ4n) is 7.32. The molecule has 0 saturated carbocycles. The van der Waals surface area contributed by atoms with Crippen LogP contribution >= 0.6 is 11.3 Å². The molecule has 0 spiro atoms. The number of nitrogens with zero attached hydrogens (tertiary/aromatic N) is 5. The van der Waals surface area contributed by atoms with Crippen molar-refractivity contribution >= 4 is 42.2 Å². The summed E-state index contributed by atoms with van der Waals surface area (Å²) in [6.07, 6.45) is 4.92. The Balaban J connectivity index is 1.54. The van der Waals surface area contributed by atoms with E-state index < -0.39 is 47.2 Å². The molecule has 13 nitrogen and oxygen atoms in total. The van der Waals surface area contributed by atoms with Crippen molar-refractivity contribution in [3.8, 4) is 10.6 Å². The second-order valence-electron chi connectivity index (χ2n) is 13.9. The maximum Gasteiger partial charge on any atom is 0.410 e. The number of rotatable bonds is 8. The van der Waals surface area contributed by atoms with Crippen LogP contribution in [0.3, 0.4) is 0 Å². The number of nitrogen functional groups attached to an aromatic ring is 1. The number of carbonyl (C=O) groups is 3. The fraction of sp³-hybridized carbons (Fsp3) is 0.750. The predicted octanol–water partition coefficient (Wildman–Crippen LogP) is 3.35. The number of esters is 1. The first-order valence-corrected chi connectivity index (χ1v) is 17.6. The highest BCUT2D eigenvalue weighted by Crippen LogP contribution is 2.40. The first kappa shape index (κ1) is 36.8. The smallest absolute Gasteiger partial charge is 0.410 e. The first-order chi connectivity index (χ1) is 22.1. The van der Waals surface area contributed by atoms with Crippen LogP contribution in [-0.2, 0) is 30.3 Å². The van der Waals surface area contributed by atoms with Crippen molar-refractivity contribution in [3.63, 3.8) is 0 Å². The number of ketones is 1. The Labute approximate surface area is 283 Å². The number of methoxy groups -OCH3 is 1. The second-order valence-corrected chi connectivity index (χ2v) is 14.9. The lowest BCUT2D eigenvalue weighted by atomic mass is 9.62. The molecular weight excluding hydrogens is 621 g/mol. The molecule has 2 saturated heterocycles. The summed E-state index contributed by atoms with van der Waals surface area (Å²) in [6, 6.07) is -0.627. The summed E-state index contributed by atoms with van der Waals surface area (Å²) in [5, 5.41) is 12.6. The number of amides is 1. The van der Waals surface area contributed by atoms with Gasteiger partial charge in [0.25, 0.3) is 0 Å². The van der Waals surface area contributed by atoms with Crippen LogP contribution in [0.4, 0.5) is 9.93 Å². The Bertz CT molecular complexity index is 1410. The van der Waals surface area contributed by atoms with Gasteiger partial charge in [-0.15, -0.1) is 5.10 Å². The van der Waals surface area contributed by atoms with Crippen LogP contribution in [0.5, 0.6) is 0 Å². The number of nitrogens with one attached hydrogen (secondary N) is 1. The van der Waals surface area contributed by atoms with Gasteiger partial charge in [-0.3, -0.25) is 19.2 Å². The average Bonchev–Trinajstić information content (AvgIpc) is 3.76. The lowest BCUT2D eigenvalue weighted by molar-refractivity contribution is -0.170. The molecule has 9 atom stereocenters. The van der Waals surface area contributed by atoms with E-state index in [-0.39, 0.29) is 23.6 Å². The molecule has 2 aliphatic rings. The Morgan fingerprint density at radius 3 is 2.51 bits per heavy atom. The molecule has 4 rings (SSSR count). The molecular formula is C32H52BN7O6S. The highest BCUT2D eigenvalue weighted by molar-refractivity contribution is 7.18. The number of unbranched alkanes of at least 4 members (excludes halogenated alkanes) is 1. The van der Waals surface area contributed by atoms with E-state index in [1.165, 1.54) is 11.3 Å². The number of aryl methyl sites for hydroxylation is 1. The van der Waals surface area contributed by atoms with Crippen molar-refractivity contribution in [1.82, 2.24) is 30.2 Å². The van der Waals surface area contributed by atoms with Gasteiger partial charge in [0.2, 0.25) is 0 Å². The van der Waals surface area contributed by atoms with Gasteiger partial charge in [0, 0.05) is 38.4 Å². The van der Waals surface area contributed by atoms with E-state index in [9.17, 15) is 14.4 Å². The second kappa shape index (κ2) is 15.0. The Kier molecular flexibility index (Phi) is 11.8. The van der Waals surface area contributed by atoms with E-state index in [4.69, 9.17) is 19.9 Å².